The molecule has 0 fully saturated rings. The number of aryl methyl sites for hydroxylation is 2. The third-order valence-corrected chi connectivity index (χ3v) is 3.06. The second kappa shape index (κ2) is 6.17. The fourth-order valence-electron chi connectivity index (χ4n) is 1.88. The molecule has 0 radical (unpaired) electrons. The highest BCUT2D eigenvalue weighted by atomic mass is 16.3. The van der Waals surface area contributed by atoms with Crippen LogP contribution in [0.2, 0.25) is 0 Å². The number of nitrogens with one attached hydrogen (secondary N) is 2. The number of nitrogen functional groups attached to an aromatic ring is 1. The van der Waals surface area contributed by atoms with Gasteiger partial charge >= 0.3 is 11.8 Å². The molecule has 0 bridgehead atoms. The fraction of sp³-hybridized carbons (Fsp3) is 0.125. The molecule has 6 heteroatoms. The highest BCUT2D eigenvalue weighted by molar-refractivity contribution is 6.44. The van der Waals surface area contributed by atoms with Crippen molar-refractivity contribution in [2.75, 3.05) is 16.4 Å². The Morgan fingerprint density at radius 3 is 2.09 bits per heavy atom. The van der Waals surface area contributed by atoms with Crippen LogP contribution in [0.1, 0.15) is 11.1 Å². The summed E-state index contributed by atoms with van der Waals surface area (Å²) in [5, 5.41) is 14.5. The SMILES string of the molecule is Cc1ccc(NC(=O)C(=O)Nc2cc(C)ccc2N)c(O)c1. The van der Waals surface area contributed by atoms with Crippen LogP contribution in [0.15, 0.2) is 36.4 Å². The van der Waals surface area contributed by atoms with E-state index in [4.69, 9.17) is 5.73 Å². The van der Waals surface area contributed by atoms with Crippen molar-refractivity contribution in [3.05, 3.63) is 47.5 Å². The molecule has 2 amide bonds. The van der Waals surface area contributed by atoms with Gasteiger partial charge in [-0.15, -0.1) is 0 Å². The molecule has 0 atom stereocenters. The van der Waals surface area contributed by atoms with E-state index in [0.717, 1.165) is 11.1 Å². The Balaban J connectivity index is 2.09. The zero-order valence-electron chi connectivity index (χ0n) is 12.3. The van der Waals surface area contributed by atoms with Gasteiger partial charge in [-0.25, -0.2) is 0 Å². The number of anilines is 3. The Labute approximate surface area is 128 Å². The van der Waals surface area contributed by atoms with Gasteiger partial charge < -0.3 is 21.5 Å². The third kappa shape index (κ3) is 3.54. The van der Waals surface area contributed by atoms with Crippen molar-refractivity contribution in [1.82, 2.24) is 0 Å². The Bertz CT molecular complexity index is 741. The minimum atomic E-state index is -0.889. The summed E-state index contributed by atoms with van der Waals surface area (Å²) >= 11 is 0. The van der Waals surface area contributed by atoms with E-state index in [1.54, 1.807) is 31.2 Å². The van der Waals surface area contributed by atoms with Gasteiger partial charge in [0.05, 0.1) is 17.1 Å². The monoisotopic (exact) mass is 299 g/mol. The number of nitrogens with two attached hydrogens (primary N) is 1. The molecular weight excluding hydrogens is 282 g/mol. The molecule has 0 aliphatic carbocycles. The van der Waals surface area contributed by atoms with Crippen LogP contribution in [0.5, 0.6) is 5.75 Å². The van der Waals surface area contributed by atoms with Gasteiger partial charge in [0.15, 0.2) is 0 Å². The molecule has 0 saturated heterocycles. The summed E-state index contributed by atoms with van der Waals surface area (Å²) in [5.41, 5.74) is 8.39. The van der Waals surface area contributed by atoms with E-state index in [2.05, 4.69) is 10.6 Å². The van der Waals surface area contributed by atoms with Crippen LogP contribution in [0, 0.1) is 13.8 Å². The first-order chi connectivity index (χ1) is 10.4. The maximum atomic E-state index is 11.9. The first-order valence-corrected chi connectivity index (χ1v) is 6.65. The summed E-state index contributed by atoms with van der Waals surface area (Å²) in [6.07, 6.45) is 0. The molecule has 0 heterocycles. The highest BCUT2D eigenvalue weighted by Crippen LogP contribution is 2.24. The summed E-state index contributed by atoms with van der Waals surface area (Å²) in [5.74, 6) is -1.85. The minimum Gasteiger partial charge on any atom is -0.506 e. The Hall–Kier alpha value is -3.02. The third-order valence-electron chi connectivity index (χ3n) is 3.06. The molecule has 0 aliphatic rings. The lowest BCUT2D eigenvalue weighted by atomic mass is 10.2. The van der Waals surface area contributed by atoms with E-state index in [1.807, 2.05) is 6.92 Å². The summed E-state index contributed by atoms with van der Waals surface area (Å²) < 4.78 is 0. The fourth-order valence-corrected chi connectivity index (χ4v) is 1.88. The van der Waals surface area contributed by atoms with E-state index >= 15 is 0 Å². The molecule has 0 aromatic heterocycles. The molecule has 0 saturated carbocycles. The molecule has 114 valence electrons. The van der Waals surface area contributed by atoms with Crippen molar-refractivity contribution in [2.24, 2.45) is 0 Å². The lowest BCUT2D eigenvalue weighted by Crippen LogP contribution is -2.29. The van der Waals surface area contributed by atoms with E-state index < -0.39 is 11.8 Å². The van der Waals surface area contributed by atoms with Gasteiger partial charge in [0.25, 0.3) is 0 Å². The largest absolute Gasteiger partial charge is 0.506 e. The molecule has 2 aromatic carbocycles. The Kier molecular flexibility index (Phi) is 4.31. The van der Waals surface area contributed by atoms with Gasteiger partial charge in [0.1, 0.15) is 5.75 Å². The van der Waals surface area contributed by atoms with E-state index in [-0.39, 0.29) is 11.4 Å². The maximum Gasteiger partial charge on any atom is 0.314 e. The number of phenols is 1. The van der Waals surface area contributed by atoms with Gasteiger partial charge in [-0.05, 0) is 49.2 Å². The molecule has 2 aromatic rings. The summed E-state index contributed by atoms with van der Waals surface area (Å²) in [7, 11) is 0. The van der Waals surface area contributed by atoms with E-state index in [1.165, 1.54) is 12.1 Å². The van der Waals surface area contributed by atoms with Crippen molar-refractivity contribution in [3.8, 4) is 5.75 Å². The van der Waals surface area contributed by atoms with Gasteiger partial charge in [0.2, 0.25) is 0 Å². The standard InChI is InChI=1S/C16H17N3O3/c1-9-3-5-11(17)13(7-9)19-16(22)15(21)18-12-6-4-10(2)8-14(12)20/h3-8,20H,17H2,1-2H3,(H,18,21)(H,19,22). The van der Waals surface area contributed by atoms with Crippen LogP contribution in [0.3, 0.4) is 0 Å². The normalized spacial score (nSPS) is 10.1. The number of hydrogen-bond donors (Lipinski definition) is 4. The quantitative estimate of drug-likeness (QED) is 0.387. The Morgan fingerprint density at radius 1 is 0.909 bits per heavy atom. The zero-order chi connectivity index (χ0) is 16.3. The molecule has 0 unspecified atom stereocenters. The highest BCUT2D eigenvalue weighted by Gasteiger charge is 2.16. The maximum absolute atomic E-state index is 11.9. The molecule has 2 rings (SSSR count). The van der Waals surface area contributed by atoms with Crippen LogP contribution in [0.4, 0.5) is 17.1 Å². The van der Waals surface area contributed by atoms with Gasteiger partial charge in [-0.1, -0.05) is 12.1 Å². The number of carbonyl (C=O) groups excluding carboxylic acids is 2. The Morgan fingerprint density at radius 2 is 1.45 bits per heavy atom. The van der Waals surface area contributed by atoms with Gasteiger partial charge in [-0.3, -0.25) is 9.59 Å². The molecule has 0 spiro atoms. The van der Waals surface area contributed by atoms with Crippen molar-refractivity contribution < 1.29 is 14.7 Å². The lowest BCUT2D eigenvalue weighted by Gasteiger charge is -2.10. The van der Waals surface area contributed by atoms with Crippen molar-refractivity contribution in [2.45, 2.75) is 13.8 Å². The smallest absolute Gasteiger partial charge is 0.314 e. The number of phenolic OH excluding ortho intramolecular Hbond substituents is 1. The molecule has 22 heavy (non-hydrogen) atoms. The predicted molar refractivity (Wildman–Crippen MR) is 85.7 cm³/mol. The average Bonchev–Trinajstić information content (AvgIpc) is 2.45. The van der Waals surface area contributed by atoms with Crippen LogP contribution in [-0.4, -0.2) is 16.9 Å². The number of carbonyl (C=O) groups is 2. The number of amides is 2. The van der Waals surface area contributed by atoms with Crippen LogP contribution in [0.25, 0.3) is 0 Å². The molecular formula is C16H17N3O3. The first-order valence-electron chi connectivity index (χ1n) is 6.65. The van der Waals surface area contributed by atoms with Crippen molar-refractivity contribution in [1.29, 1.82) is 0 Å². The number of hydrogen-bond acceptors (Lipinski definition) is 4. The topological polar surface area (TPSA) is 104 Å². The number of benzene rings is 2. The number of aromatic hydroxyl groups is 1. The second-order valence-electron chi connectivity index (χ2n) is 5.02. The summed E-state index contributed by atoms with van der Waals surface area (Å²) in [4.78, 5) is 23.8. The molecule has 5 N–H and O–H groups in total. The minimum absolute atomic E-state index is 0.101. The van der Waals surface area contributed by atoms with Gasteiger partial charge in [-0.2, -0.15) is 0 Å². The number of rotatable bonds is 2. The van der Waals surface area contributed by atoms with Crippen molar-refractivity contribution in [3.63, 3.8) is 0 Å². The first kappa shape index (κ1) is 15.4. The summed E-state index contributed by atoms with van der Waals surface area (Å²) in [6, 6.07) is 9.85. The van der Waals surface area contributed by atoms with Crippen LogP contribution >= 0.6 is 0 Å². The second-order valence-corrected chi connectivity index (χ2v) is 5.02. The lowest BCUT2D eigenvalue weighted by molar-refractivity contribution is -0.133. The van der Waals surface area contributed by atoms with Crippen LogP contribution in [-0.2, 0) is 9.59 Å². The van der Waals surface area contributed by atoms with Crippen LogP contribution < -0.4 is 16.4 Å². The average molecular weight is 299 g/mol. The molecule has 0 aliphatic heterocycles. The van der Waals surface area contributed by atoms with E-state index in [0.29, 0.717) is 11.4 Å². The predicted octanol–water partition coefficient (Wildman–Crippen LogP) is 2.17. The zero-order valence-corrected chi connectivity index (χ0v) is 12.3. The summed E-state index contributed by atoms with van der Waals surface area (Å²) in [6.45, 7) is 3.65. The van der Waals surface area contributed by atoms with E-state index in [9.17, 15) is 14.7 Å². The van der Waals surface area contributed by atoms with Gasteiger partial charge in [0, 0.05) is 0 Å². The molecule has 6 nitrogen and oxygen atoms in total. The van der Waals surface area contributed by atoms with Crippen molar-refractivity contribution >= 4 is 28.9 Å².